The third-order valence-corrected chi connectivity index (χ3v) is 7.32. The second-order valence-electron chi connectivity index (χ2n) is 7.68. The number of sulfone groups is 1. The fourth-order valence-electron chi connectivity index (χ4n) is 3.94. The van der Waals surface area contributed by atoms with E-state index in [0.717, 1.165) is 28.3 Å². The molecule has 1 fully saturated rings. The number of para-hydroxylation sites is 1. The normalized spacial score (nSPS) is 17.5. The minimum Gasteiger partial charge on any atom is -0.497 e. The van der Waals surface area contributed by atoms with E-state index in [4.69, 9.17) is 16.3 Å². The summed E-state index contributed by atoms with van der Waals surface area (Å²) < 4.78 is 31.2. The molecule has 2 heterocycles. The van der Waals surface area contributed by atoms with Crippen molar-refractivity contribution in [3.63, 3.8) is 0 Å². The van der Waals surface area contributed by atoms with Crippen LogP contribution in [0.1, 0.15) is 12.0 Å². The van der Waals surface area contributed by atoms with Crippen molar-refractivity contribution in [1.29, 1.82) is 0 Å². The summed E-state index contributed by atoms with van der Waals surface area (Å²) in [5.74, 6) is 3.84. The van der Waals surface area contributed by atoms with Crippen molar-refractivity contribution in [1.82, 2.24) is 14.7 Å². The Hall–Kier alpha value is -3.08. The molecule has 1 unspecified atom stereocenters. The largest absolute Gasteiger partial charge is 0.497 e. The van der Waals surface area contributed by atoms with E-state index in [1.54, 1.807) is 7.11 Å². The molecular weight excluding hydrogens is 410 g/mol. The van der Waals surface area contributed by atoms with Crippen LogP contribution in [0.5, 0.6) is 5.75 Å². The number of ether oxygens (including phenoxy) is 1. The highest BCUT2D eigenvalue weighted by molar-refractivity contribution is 7.91. The van der Waals surface area contributed by atoms with Gasteiger partial charge < -0.3 is 4.74 Å². The first-order valence-electron chi connectivity index (χ1n) is 10.2. The standard InChI is InChI=1S/C24H25N3O3S/c1-3-14-26(22-13-15-31(28,29)18-22)16-20-17-27(21-7-5-4-6-8-21)25-24(20)19-9-11-23(30-2)12-10-19/h1,4-12,17,22H,13-16,18H2,2H3. The van der Waals surface area contributed by atoms with Crippen molar-refractivity contribution in [3.8, 4) is 35.0 Å². The minimum atomic E-state index is -3.00. The maximum absolute atomic E-state index is 12.0. The van der Waals surface area contributed by atoms with Gasteiger partial charge in [-0.25, -0.2) is 13.1 Å². The van der Waals surface area contributed by atoms with E-state index in [2.05, 4.69) is 10.8 Å². The Labute approximate surface area is 183 Å². The molecule has 0 bridgehead atoms. The van der Waals surface area contributed by atoms with Crippen molar-refractivity contribution in [2.75, 3.05) is 25.2 Å². The molecule has 1 aliphatic rings. The second-order valence-corrected chi connectivity index (χ2v) is 9.91. The summed E-state index contributed by atoms with van der Waals surface area (Å²) in [6.45, 7) is 0.914. The van der Waals surface area contributed by atoms with E-state index in [1.807, 2.05) is 65.5 Å². The zero-order valence-corrected chi connectivity index (χ0v) is 18.3. The lowest BCUT2D eigenvalue weighted by molar-refractivity contribution is 0.230. The summed E-state index contributed by atoms with van der Waals surface area (Å²) in [5.41, 5.74) is 3.75. The van der Waals surface area contributed by atoms with Crippen molar-refractivity contribution >= 4 is 9.84 Å². The lowest BCUT2D eigenvalue weighted by Crippen LogP contribution is -2.36. The van der Waals surface area contributed by atoms with Crippen molar-refractivity contribution in [2.45, 2.75) is 19.0 Å². The van der Waals surface area contributed by atoms with Gasteiger partial charge in [0.1, 0.15) is 5.75 Å². The quantitative estimate of drug-likeness (QED) is 0.534. The van der Waals surface area contributed by atoms with Crippen molar-refractivity contribution in [2.24, 2.45) is 0 Å². The number of nitrogens with zero attached hydrogens (tertiary/aromatic N) is 3. The van der Waals surface area contributed by atoms with Gasteiger partial charge in [0.25, 0.3) is 0 Å². The molecule has 3 aromatic rings. The zero-order chi connectivity index (χ0) is 21.8. The van der Waals surface area contributed by atoms with Gasteiger partial charge in [-0.2, -0.15) is 5.10 Å². The first kappa shape index (κ1) is 21.2. The number of rotatable bonds is 7. The highest BCUT2D eigenvalue weighted by Crippen LogP contribution is 2.28. The molecule has 0 amide bonds. The van der Waals surface area contributed by atoms with Crippen LogP contribution in [0.3, 0.4) is 0 Å². The SMILES string of the molecule is C#CCN(Cc1cn(-c2ccccc2)nc1-c1ccc(OC)cc1)C1CCS(=O)(=O)C1. The van der Waals surface area contributed by atoms with Gasteiger partial charge in [-0.15, -0.1) is 6.42 Å². The fraction of sp³-hybridized carbons (Fsp3) is 0.292. The number of aromatic nitrogens is 2. The van der Waals surface area contributed by atoms with Gasteiger partial charge in [0.05, 0.1) is 36.5 Å². The second kappa shape index (κ2) is 8.96. The first-order chi connectivity index (χ1) is 15.0. The van der Waals surface area contributed by atoms with Crippen LogP contribution in [0.15, 0.2) is 60.8 Å². The Morgan fingerprint density at radius 3 is 2.55 bits per heavy atom. The van der Waals surface area contributed by atoms with E-state index in [1.165, 1.54) is 0 Å². The Bertz CT molecular complexity index is 1180. The average molecular weight is 436 g/mol. The predicted molar refractivity (Wildman–Crippen MR) is 122 cm³/mol. The lowest BCUT2D eigenvalue weighted by Gasteiger charge is -2.25. The summed E-state index contributed by atoms with van der Waals surface area (Å²) in [7, 11) is -1.37. The zero-order valence-electron chi connectivity index (χ0n) is 17.4. The molecule has 31 heavy (non-hydrogen) atoms. The third kappa shape index (κ3) is 4.82. The van der Waals surface area contributed by atoms with Gasteiger partial charge in [0.2, 0.25) is 0 Å². The van der Waals surface area contributed by atoms with Crippen LogP contribution in [0.4, 0.5) is 0 Å². The van der Waals surface area contributed by atoms with Gasteiger partial charge >= 0.3 is 0 Å². The topological polar surface area (TPSA) is 64.4 Å². The minimum absolute atomic E-state index is 0.0788. The molecule has 1 aliphatic heterocycles. The van der Waals surface area contributed by atoms with Crippen LogP contribution in [0.25, 0.3) is 16.9 Å². The molecule has 1 atom stereocenters. The third-order valence-electron chi connectivity index (χ3n) is 5.57. The van der Waals surface area contributed by atoms with Crippen LogP contribution >= 0.6 is 0 Å². The Morgan fingerprint density at radius 2 is 1.94 bits per heavy atom. The van der Waals surface area contributed by atoms with Crippen molar-refractivity contribution in [3.05, 3.63) is 66.4 Å². The van der Waals surface area contributed by atoms with E-state index in [0.29, 0.717) is 19.5 Å². The molecule has 0 spiro atoms. The number of methoxy groups -OCH3 is 1. The van der Waals surface area contributed by atoms with Crippen LogP contribution in [0.2, 0.25) is 0 Å². The molecule has 0 N–H and O–H groups in total. The van der Waals surface area contributed by atoms with Gasteiger partial charge in [0.15, 0.2) is 9.84 Å². The van der Waals surface area contributed by atoms with E-state index >= 15 is 0 Å². The molecule has 6 nitrogen and oxygen atoms in total. The van der Waals surface area contributed by atoms with Crippen molar-refractivity contribution < 1.29 is 13.2 Å². The molecule has 7 heteroatoms. The fourth-order valence-corrected chi connectivity index (χ4v) is 5.71. The maximum atomic E-state index is 12.0. The Balaban J connectivity index is 1.72. The number of benzene rings is 2. The molecule has 2 aromatic carbocycles. The molecule has 4 rings (SSSR count). The Morgan fingerprint density at radius 1 is 1.19 bits per heavy atom. The summed E-state index contributed by atoms with van der Waals surface area (Å²) in [6, 6.07) is 17.6. The maximum Gasteiger partial charge on any atom is 0.151 e. The molecular formula is C24H25N3O3S. The highest BCUT2D eigenvalue weighted by atomic mass is 32.2. The summed E-state index contributed by atoms with van der Waals surface area (Å²) in [5, 5.41) is 4.85. The van der Waals surface area contributed by atoms with Gasteiger partial charge in [-0.05, 0) is 42.8 Å². The number of terminal acetylenes is 1. The first-order valence-corrected chi connectivity index (χ1v) is 12.0. The molecule has 160 valence electrons. The average Bonchev–Trinajstić information content (AvgIpc) is 3.37. The van der Waals surface area contributed by atoms with E-state index in [9.17, 15) is 8.42 Å². The van der Waals surface area contributed by atoms with Gasteiger partial charge in [-0.3, -0.25) is 4.90 Å². The van der Waals surface area contributed by atoms with Gasteiger partial charge in [-0.1, -0.05) is 24.1 Å². The summed E-state index contributed by atoms with van der Waals surface area (Å²) in [4.78, 5) is 2.07. The smallest absolute Gasteiger partial charge is 0.151 e. The molecule has 1 aromatic heterocycles. The summed E-state index contributed by atoms with van der Waals surface area (Å²) >= 11 is 0. The van der Waals surface area contributed by atoms with Crippen LogP contribution in [-0.4, -0.2) is 54.3 Å². The molecule has 0 saturated carbocycles. The monoisotopic (exact) mass is 435 g/mol. The Kier molecular flexibility index (Phi) is 6.12. The lowest BCUT2D eigenvalue weighted by atomic mass is 10.1. The van der Waals surface area contributed by atoms with Crippen LogP contribution in [-0.2, 0) is 16.4 Å². The van der Waals surface area contributed by atoms with E-state index in [-0.39, 0.29) is 17.5 Å². The molecule has 0 radical (unpaired) electrons. The molecule has 1 saturated heterocycles. The van der Waals surface area contributed by atoms with Gasteiger partial charge in [0, 0.05) is 29.9 Å². The molecule has 0 aliphatic carbocycles. The van der Waals surface area contributed by atoms with E-state index < -0.39 is 9.84 Å². The number of hydrogen-bond donors (Lipinski definition) is 0. The summed E-state index contributed by atoms with van der Waals surface area (Å²) in [6.07, 6.45) is 8.23. The predicted octanol–water partition coefficient (Wildman–Crippen LogP) is 3.17. The highest BCUT2D eigenvalue weighted by Gasteiger charge is 2.32. The number of hydrogen-bond acceptors (Lipinski definition) is 5. The van der Waals surface area contributed by atoms with Crippen LogP contribution < -0.4 is 4.74 Å². The van der Waals surface area contributed by atoms with Crippen LogP contribution in [0, 0.1) is 12.3 Å².